The highest BCUT2D eigenvalue weighted by Crippen LogP contribution is 2.20. The number of rotatable bonds is 4. The molecule has 130 valence electrons. The zero-order valence-corrected chi connectivity index (χ0v) is 16.9. The molecule has 0 aromatic heterocycles. The summed E-state index contributed by atoms with van der Waals surface area (Å²) in [6, 6.07) is 8.29. The van der Waals surface area contributed by atoms with E-state index in [1.54, 1.807) is 7.11 Å². The Hall–Kier alpha value is -1.18. The van der Waals surface area contributed by atoms with Gasteiger partial charge in [0.1, 0.15) is 5.75 Å². The van der Waals surface area contributed by atoms with Crippen LogP contribution in [0, 0.1) is 5.92 Å². The molecule has 0 aliphatic carbocycles. The zero-order valence-electron chi connectivity index (χ0n) is 14.6. The van der Waals surface area contributed by atoms with Crippen LogP contribution >= 0.6 is 24.0 Å². The molecule has 1 N–H and O–H groups in total. The van der Waals surface area contributed by atoms with Crippen molar-refractivity contribution in [2.45, 2.75) is 13.8 Å². The van der Waals surface area contributed by atoms with Crippen LogP contribution in [0.4, 0.5) is 5.69 Å². The van der Waals surface area contributed by atoms with E-state index in [0.717, 1.165) is 44.4 Å². The largest absolute Gasteiger partial charge is 0.497 e. The van der Waals surface area contributed by atoms with Crippen LogP contribution in [-0.2, 0) is 0 Å². The molecule has 23 heavy (non-hydrogen) atoms. The number of halogens is 1. The van der Waals surface area contributed by atoms with E-state index in [9.17, 15) is 0 Å². The average molecular weight is 432 g/mol. The van der Waals surface area contributed by atoms with Crippen LogP contribution in [0.25, 0.3) is 0 Å². The first-order valence-electron chi connectivity index (χ1n) is 7.98. The standard InChI is InChI=1S/C17H28N4O.HI/c1-14(2)13-19-17(18-3)21-11-9-20(10-12-21)15-5-7-16(22-4)8-6-15;/h5-8,14H,9-13H2,1-4H3,(H,18,19);1H. The van der Waals surface area contributed by atoms with Gasteiger partial charge in [-0.05, 0) is 30.2 Å². The fourth-order valence-electron chi connectivity index (χ4n) is 2.60. The van der Waals surface area contributed by atoms with Crippen LogP contribution in [0.3, 0.4) is 0 Å². The van der Waals surface area contributed by atoms with Gasteiger partial charge in [0, 0.05) is 45.5 Å². The number of hydrogen-bond acceptors (Lipinski definition) is 3. The minimum atomic E-state index is 0. The van der Waals surface area contributed by atoms with Crippen molar-refractivity contribution in [3.05, 3.63) is 24.3 Å². The molecule has 0 atom stereocenters. The van der Waals surface area contributed by atoms with Crippen molar-refractivity contribution in [1.82, 2.24) is 10.2 Å². The third-order valence-electron chi connectivity index (χ3n) is 3.90. The average Bonchev–Trinajstić information content (AvgIpc) is 2.56. The molecule has 1 saturated heterocycles. The Bertz CT molecular complexity index is 482. The first kappa shape index (κ1) is 19.9. The molecule has 0 unspecified atom stereocenters. The molecule has 0 saturated carbocycles. The van der Waals surface area contributed by atoms with Gasteiger partial charge in [-0.15, -0.1) is 24.0 Å². The van der Waals surface area contributed by atoms with Crippen LogP contribution in [0.15, 0.2) is 29.3 Å². The highest BCUT2D eigenvalue weighted by molar-refractivity contribution is 14.0. The molecule has 0 radical (unpaired) electrons. The van der Waals surface area contributed by atoms with Gasteiger partial charge in [0.15, 0.2) is 5.96 Å². The molecular formula is C17H29IN4O. The normalized spacial score (nSPS) is 15.4. The monoisotopic (exact) mass is 432 g/mol. The lowest BCUT2D eigenvalue weighted by atomic mass is 10.2. The molecule has 2 rings (SSSR count). The molecule has 1 aromatic carbocycles. The van der Waals surface area contributed by atoms with Gasteiger partial charge < -0.3 is 19.9 Å². The minimum Gasteiger partial charge on any atom is -0.497 e. The molecule has 1 heterocycles. The number of piperazine rings is 1. The van der Waals surface area contributed by atoms with Crippen molar-refractivity contribution in [2.75, 3.05) is 51.8 Å². The molecule has 1 aromatic rings. The Morgan fingerprint density at radius 3 is 2.26 bits per heavy atom. The Kier molecular flexibility index (Phi) is 8.51. The van der Waals surface area contributed by atoms with Gasteiger partial charge in [-0.1, -0.05) is 13.8 Å². The molecule has 0 amide bonds. The number of benzene rings is 1. The number of aliphatic imine (C=N–C) groups is 1. The second-order valence-corrected chi connectivity index (χ2v) is 5.99. The van der Waals surface area contributed by atoms with Crippen LogP contribution in [0.5, 0.6) is 5.75 Å². The SMILES string of the molecule is CN=C(NCC(C)C)N1CCN(c2ccc(OC)cc2)CC1.I. The van der Waals surface area contributed by atoms with Crippen molar-refractivity contribution in [3.63, 3.8) is 0 Å². The third-order valence-corrected chi connectivity index (χ3v) is 3.90. The fourth-order valence-corrected chi connectivity index (χ4v) is 2.60. The van der Waals surface area contributed by atoms with Gasteiger partial charge in [0.25, 0.3) is 0 Å². The maximum atomic E-state index is 5.21. The van der Waals surface area contributed by atoms with Crippen molar-refractivity contribution in [3.8, 4) is 5.75 Å². The predicted octanol–water partition coefficient (Wildman–Crippen LogP) is 2.67. The van der Waals surface area contributed by atoms with E-state index in [1.165, 1.54) is 5.69 Å². The Morgan fingerprint density at radius 1 is 1.17 bits per heavy atom. The second kappa shape index (κ2) is 9.85. The third kappa shape index (κ3) is 5.75. The summed E-state index contributed by atoms with van der Waals surface area (Å²) in [5, 5.41) is 3.45. The first-order valence-corrected chi connectivity index (χ1v) is 7.98. The van der Waals surface area contributed by atoms with Crippen molar-refractivity contribution >= 4 is 35.6 Å². The number of anilines is 1. The second-order valence-electron chi connectivity index (χ2n) is 5.99. The van der Waals surface area contributed by atoms with E-state index >= 15 is 0 Å². The van der Waals surface area contributed by atoms with Crippen LogP contribution < -0.4 is 15.0 Å². The van der Waals surface area contributed by atoms with Crippen molar-refractivity contribution in [1.29, 1.82) is 0 Å². The molecule has 0 spiro atoms. The van der Waals surface area contributed by atoms with Gasteiger partial charge >= 0.3 is 0 Å². The minimum absolute atomic E-state index is 0. The molecule has 1 aliphatic heterocycles. The smallest absolute Gasteiger partial charge is 0.193 e. The zero-order chi connectivity index (χ0) is 15.9. The molecule has 1 fully saturated rings. The van der Waals surface area contributed by atoms with Crippen LogP contribution in [-0.4, -0.2) is 57.7 Å². The van der Waals surface area contributed by atoms with Gasteiger partial charge in [0.2, 0.25) is 0 Å². The fraction of sp³-hybridized carbons (Fsp3) is 0.588. The van der Waals surface area contributed by atoms with E-state index in [2.05, 4.69) is 46.1 Å². The molecule has 0 bridgehead atoms. The Labute approximate surface area is 157 Å². The van der Waals surface area contributed by atoms with Gasteiger partial charge in [-0.2, -0.15) is 0 Å². The molecular weight excluding hydrogens is 403 g/mol. The lowest BCUT2D eigenvalue weighted by Crippen LogP contribution is -2.53. The number of ether oxygens (including phenoxy) is 1. The first-order chi connectivity index (χ1) is 10.6. The maximum absolute atomic E-state index is 5.21. The molecule has 1 aliphatic rings. The molecule has 6 heteroatoms. The Balaban J connectivity index is 0.00000264. The van der Waals surface area contributed by atoms with Gasteiger partial charge in [-0.25, -0.2) is 0 Å². The number of hydrogen-bond donors (Lipinski definition) is 1. The summed E-state index contributed by atoms with van der Waals surface area (Å²) >= 11 is 0. The summed E-state index contributed by atoms with van der Waals surface area (Å²) in [5.41, 5.74) is 1.26. The van der Waals surface area contributed by atoms with Crippen molar-refractivity contribution < 1.29 is 4.74 Å². The van der Waals surface area contributed by atoms with E-state index in [1.807, 2.05) is 19.2 Å². The number of guanidine groups is 1. The lowest BCUT2D eigenvalue weighted by Gasteiger charge is -2.37. The van der Waals surface area contributed by atoms with Crippen LogP contribution in [0.1, 0.15) is 13.8 Å². The number of nitrogens with zero attached hydrogens (tertiary/aromatic N) is 3. The Morgan fingerprint density at radius 2 is 1.78 bits per heavy atom. The van der Waals surface area contributed by atoms with E-state index in [0.29, 0.717) is 5.92 Å². The van der Waals surface area contributed by atoms with Gasteiger partial charge in [-0.3, -0.25) is 4.99 Å². The topological polar surface area (TPSA) is 40.1 Å². The van der Waals surface area contributed by atoms with Gasteiger partial charge in [0.05, 0.1) is 7.11 Å². The summed E-state index contributed by atoms with van der Waals surface area (Å²) in [6.07, 6.45) is 0. The lowest BCUT2D eigenvalue weighted by molar-refractivity contribution is 0.370. The summed E-state index contributed by atoms with van der Waals surface area (Å²) in [6.45, 7) is 9.38. The molecule has 5 nitrogen and oxygen atoms in total. The van der Waals surface area contributed by atoms with Crippen molar-refractivity contribution in [2.24, 2.45) is 10.9 Å². The summed E-state index contributed by atoms with van der Waals surface area (Å²) in [4.78, 5) is 9.14. The van der Waals surface area contributed by atoms with Crippen LogP contribution in [0.2, 0.25) is 0 Å². The quantitative estimate of drug-likeness (QED) is 0.451. The number of nitrogens with one attached hydrogen (secondary N) is 1. The predicted molar refractivity (Wildman–Crippen MR) is 108 cm³/mol. The van der Waals surface area contributed by atoms with E-state index in [-0.39, 0.29) is 24.0 Å². The van der Waals surface area contributed by atoms with E-state index in [4.69, 9.17) is 4.74 Å². The highest BCUT2D eigenvalue weighted by Gasteiger charge is 2.19. The summed E-state index contributed by atoms with van der Waals surface area (Å²) in [7, 11) is 3.56. The number of methoxy groups -OCH3 is 1. The van der Waals surface area contributed by atoms with E-state index < -0.39 is 0 Å². The highest BCUT2D eigenvalue weighted by atomic mass is 127. The summed E-state index contributed by atoms with van der Waals surface area (Å²) in [5.74, 6) is 2.54. The summed E-state index contributed by atoms with van der Waals surface area (Å²) < 4.78 is 5.21. The maximum Gasteiger partial charge on any atom is 0.193 e.